The van der Waals surface area contributed by atoms with Gasteiger partial charge in [0.15, 0.2) is 5.82 Å². The molecular weight excluding hydrogens is 498 g/mol. The molecule has 13 heteroatoms. The maximum absolute atomic E-state index is 15.6. The SMILES string of the molecule is Cc1cc(NC(=O)c2c(F)c(N(C3CN(C(=O)OC(C)(C)C)CC3CO)S(=O)O)cn2C)ccc1F. The standard InChI is InChI=1S/C23H30F2N4O6S/c1-13-8-15(6-7-16(13)24)26-21(31)20-19(25)18(10-27(20)5)29(36(33)34)17-11-28(9-14(17)12-30)22(32)35-23(2,3)4/h6-8,10,14,17,30H,9,11-12H2,1-5H3,(H,26,31)(H,33,34). The maximum Gasteiger partial charge on any atom is 0.410 e. The first-order chi connectivity index (χ1) is 16.7. The molecule has 36 heavy (non-hydrogen) atoms. The number of aromatic nitrogens is 1. The van der Waals surface area contributed by atoms with Crippen LogP contribution in [0, 0.1) is 24.5 Å². The lowest BCUT2D eigenvalue weighted by Crippen LogP contribution is -2.44. The summed E-state index contributed by atoms with van der Waals surface area (Å²) >= 11 is -2.76. The minimum absolute atomic E-state index is 0.0233. The smallest absolute Gasteiger partial charge is 0.410 e. The highest BCUT2D eigenvalue weighted by Crippen LogP contribution is 2.33. The number of carbonyl (C=O) groups excluding carboxylic acids is 2. The predicted molar refractivity (Wildman–Crippen MR) is 130 cm³/mol. The van der Waals surface area contributed by atoms with Crippen molar-refractivity contribution in [2.24, 2.45) is 13.0 Å². The third-order valence-electron chi connectivity index (χ3n) is 5.73. The number of ether oxygens (including phenoxy) is 1. The van der Waals surface area contributed by atoms with Crippen molar-refractivity contribution >= 4 is 34.6 Å². The molecule has 2 amide bonds. The Balaban J connectivity index is 1.91. The van der Waals surface area contributed by atoms with Gasteiger partial charge in [0.1, 0.15) is 22.8 Å². The van der Waals surface area contributed by atoms with Crippen molar-refractivity contribution in [3.05, 3.63) is 47.3 Å². The molecule has 3 N–H and O–H groups in total. The number of nitrogens with zero attached hydrogens (tertiary/aromatic N) is 3. The number of aliphatic hydroxyl groups excluding tert-OH is 1. The monoisotopic (exact) mass is 528 g/mol. The van der Waals surface area contributed by atoms with Crippen molar-refractivity contribution in [1.29, 1.82) is 0 Å². The highest BCUT2D eigenvalue weighted by Gasteiger charge is 2.43. The summed E-state index contributed by atoms with van der Waals surface area (Å²) in [6, 6.07) is 2.94. The number of hydrogen-bond donors (Lipinski definition) is 3. The van der Waals surface area contributed by atoms with Gasteiger partial charge in [-0.3, -0.25) is 13.7 Å². The Bertz CT molecular complexity index is 1180. The van der Waals surface area contributed by atoms with E-state index in [0.29, 0.717) is 0 Å². The van der Waals surface area contributed by atoms with Crippen LogP contribution in [-0.4, -0.2) is 66.7 Å². The van der Waals surface area contributed by atoms with Crippen molar-refractivity contribution < 1.29 is 37.0 Å². The summed E-state index contributed by atoms with van der Waals surface area (Å²) in [5.41, 5.74) is -1.03. The molecule has 0 spiro atoms. The lowest BCUT2D eigenvalue weighted by molar-refractivity contribution is 0.0283. The first kappa shape index (κ1) is 27.6. The Labute approximate surface area is 210 Å². The molecule has 3 atom stereocenters. The molecule has 10 nitrogen and oxygen atoms in total. The first-order valence-electron chi connectivity index (χ1n) is 11.1. The summed E-state index contributed by atoms with van der Waals surface area (Å²) in [5, 5.41) is 12.4. The molecule has 0 bridgehead atoms. The molecule has 2 heterocycles. The van der Waals surface area contributed by atoms with Crippen LogP contribution in [0.1, 0.15) is 36.8 Å². The average Bonchev–Trinajstić information content (AvgIpc) is 3.30. The molecule has 0 radical (unpaired) electrons. The second kappa shape index (κ2) is 10.5. The number of benzene rings is 1. The number of halogens is 2. The topological polar surface area (TPSA) is 124 Å². The van der Waals surface area contributed by atoms with Gasteiger partial charge in [-0.1, -0.05) is 0 Å². The van der Waals surface area contributed by atoms with E-state index in [9.17, 15) is 27.8 Å². The Morgan fingerprint density at radius 2 is 1.94 bits per heavy atom. The van der Waals surface area contributed by atoms with Gasteiger partial charge in [0.25, 0.3) is 17.2 Å². The third-order valence-corrected chi connectivity index (χ3v) is 6.54. The quantitative estimate of drug-likeness (QED) is 0.495. The van der Waals surface area contributed by atoms with E-state index in [0.717, 1.165) is 8.87 Å². The van der Waals surface area contributed by atoms with Crippen molar-refractivity contribution in [1.82, 2.24) is 9.47 Å². The normalized spacial score (nSPS) is 18.8. The van der Waals surface area contributed by atoms with Crippen LogP contribution in [0.25, 0.3) is 0 Å². The molecule has 1 aliphatic heterocycles. The average molecular weight is 529 g/mol. The molecule has 3 unspecified atom stereocenters. The summed E-state index contributed by atoms with van der Waals surface area (Å²) in [6.07, 6.45) is 0.508. The number of aryl methyl sites for hydroxylation is 2. The summed E-state index contributed by atoms with van der Waals surface area (Å²) in [7, 11) is 1.39. The number of likely N-dealkylation sites (tertiary alicyclic amines) is 1. The van der Waals surface area contributed by atoms with Crippen LogP contribution in [0.2, 0.25) is 0 Å². The predicted octanol–water partition coefficient (Wildman–Crippen LogP) is 3.03. The van der Waals surface area contributed by atoms with Crippen molar-refractivity contribution in [2.75, 3.05) is 29.3 Å². The van der Waals surface area contributed by atoms with Gasteiger partial charge in [0.2, 0.25) is 0 Å². The van der Waals surface area contributed by atoms with Gasteiger partial charge >= 0.3 is 6.09 Å². The van der Waals surface area contributed by atoms with Crippen LogP contribution in [0.4, 0.5) is 25.0 Å². The van der Waals surface area contributed by atoms with Gasteiger partial charge in [-0.2, -0.15) is 0 Å². The fourth-order valence-electron chi connectivity index (χ4n) is 4.06. The van der Waals surface area contributed by atoms with Crippen LogP contribution in [0.15, 0.2) is 24.4 Å². The summed E-state index contributed by atoms with van der Waals surface area (Å²) in [5.74, 6) is -3.07. The summed E-state index contributed by atoms with van der Waals surface area (Å²) < 4.78 is 58.9. The Kier molecular flexibility index (Phi) is 8.06. The third kappa shape index (κ3) is 5.85. The van der Waals surface area contributed by atoms with E-state index in [2.05, 4.69) is 5.32 Å². The van der Waals surface area contributed by atoms with Crippen LogP contribution in [-0.2, 0) is 23.1 Å². The van der Waals surface area contributed by atoms with E-state index in [-0.39, 0.29) is 30.0 Å². The van der Waals surface area contributed by atoms with Gasteiger partial charge in [-0.15, -0.1) is 0 Å². The van der Waals surface area contributed by atoms with Crippen LogP contribution in [0.5, 0.6) is 0 Å². The number of anilines is 2. The van der Waals surface area contributed by atoms with Crippen LogP contribution in [0.3, 0.4) is 0 Å². The van der Waals surface area contributed by atoms with Crippen molar-refractivity contribution in [3.8, 4) is 0 Å². The van der Waals surface area contributed by atoms with Crippen molar-refractivity contribution in [3.63, 3.8) is 0 Å². The van der Waals surface area contributed by atoms with Gasteiger partial charge in [0, 0.05) is 44.5 Å². The fraction of sp³-hybridized carbons (Fsp3) is 0.478. The highest BCUT2D eigenvalue weighted by atomic mass is 32.2. The molecule has 1 aromatic carbocycles. The van der Waals surface area contributed by atoms with E-state index in [4.69, 9.17) is 4.74 Å². The van der Waals surface area contributed by atoms with E-state index in [1.165, 1.54) is 43.3 Å². The van der Waals surface area contributed by atoms with Gasteiger partial charge in [-0.05, 0) is 51.5 Å². The van der Waals surface area contributed by atoms with E-state index >= 15 is 4.39 Å². The molecule has 1 aliphatic rings. The number of carbonyl (C=O) groups is 2. The number of aliphatic hydroxyl groups is 1. The number of hydrogen-bond acceptors (Lipinski definition) is 5. The number of amides is 2. The zero-order chi connectivity index (χ0) is 26.9. The first-order valence-corrected chi connectivity index (χ1v) is 12.2. The fourth-order valence-corrected chi connectivity index (χ4v) is 4.83. The largest absolute Gasteiger partial charge is 0.444 e. The molecule has 1 fully saturated rings. The molecule has 1 saturated heterocycles. The number of rotatable bonds is 6. The van der Waals surface area contributed by atoms with Gasteiger partial charge in [0.05, 0.1) is 6.04 Å². The van der Waals surface area contributed by atoms with E-state index < -0.39 is 64.8 Å². The van der Waals surface area contributed by atoms with Gasteiger partial charge in [-0.25, -0.2) is 17.8 Å². The molecule has 2 aromatic rings. The van der Waals surface area contributed by atoms with Crippen LogP contribution >= 0.6 is 0 Å². The van der Waals surface area contributed by atoms with Crippen LogP contribution < -0.4 is 9.62 Å². The van der Waals surface area contributed by atoms with E-state index in [1.807, 2.05) is 0 Å². The Morgan fingerprint density at radius 1 is 1.28 bits per heavy atom. The molecule has 3 rings (SSSR count). The molecule has 1 aromatic heterocycles. The highest BCUT2D eigenvalue weighted by molar-refractivity contribution is 7.80. The van der Waals surface area contributed by atoms with E-state index in [1.54, 1.807) is 20.8 Å². The maximum atomic E-state index is 15.6. The Morgan fingerprint density at radius 3 is 2.50 bits per heavy atom. The lowest BCUT2D eigenvalue weighted by atomic mass is 10.1. The summed E-state index contributed by atoms with van der Waals surface area (Å²) in [4.78, 5) is 26.7. The second-order valence-corrected chi connectivity index (χ2v) is 10.5. The van der Waals surface area contributed by atoms with Crippen molar-refractivity contribution in [2.45, 2.75) is 39.3 Å². The molecular formula is C23H30F2N4O6S. The Hall–Kier alpha value is -3.03. The summed E-state index contributed by atoms with van der Waals surface area (Å²) in [6.45, 7) is 6.05. The number of nitrogens with one attached hydrogen (secondary N) is 1. The minimum Gasteiger partial charge on any atom is -0.444 e. The molecule has 0 saturated carbocycles. The molecule has 0 aliphatic carbocycles. The zero-order valence-corrected chi connectivity index (χ0v) is 21.4. The molecule has 198 valence electrons. The second-order valence-electron chi connectivity index (χ2n) is 9.66. The minimum atomic E-state index is -2.76. The van der Waals surface area contributed by atoms with Gasteiger partial charge < -0.3 is 24.6 Å². The zero-order valence-electron chi connectivity index (χ0n) is 20.6. The lowest BCUT2D eigenvalue weighted by Gasteiger charge is -2.29.